The van der Waals surface area contributed by atoms with Gasteiger partial charge >= 0.3 is 5.97 Å². The fraction of sp³-hybridized carbons (Fsp3) is 0.417. The summed E-state index contributed by atoms with van der Waals surface area (Å²) in [6.07, 6.45) is 6.31. The molecule has 2 rings (SSSR count). The van der Waals surface area contributed by atoms with E-state index in [0.717, 1.165) is 4.88 Å². The average molecular weight is 266 g/mol. The summed E-state index contributed by atoms with van der Waals surface area (Å²) in [6, 6.07) is 0. The molecule has 6 heteroatoms. The van der Waals surface area contributed by atoms with Gasteiger partial charge in [0.15, 0.2) is 0 Å². The molecular weight excluding hydrogens is 252 g/mol. The maximum Gasteiger partial charge on any atom is 0.307 e. The van der Waals surface area contributed by atoms with Crippen LogP contribution in [0.5, 0.6) is 0 Å². The number of carbonyl (C=O) groups excluding carboxylic acids is 1. The van der Waals surface area contributed by atoms with Gasteiger partial charge in [-0.1, -0.05) is 12.2 Å². The van der Waals surface area contributed by atoms with Gasteiger partial charge in [0.25, 0.3) is 0 Å². The molecule has 0 spiro atoms. The maximum atomic E-state index is 12.0. The lowest BCUT2D eigenvalue weighted by atomic mass is 9.82. The molecule has 0 saturated heterocycles. The Kier molecular flexibility index (Phi) is 4.09. The van der Waals surface area contributed by atoms with Crippen molar-refractivity contribution in [3.63, 3.8) is 0 Å². The van der Waals surface area contributed by atoms with Crippen molar-refractivity contribution in [2.45, 2.75) is 19.4 Å². The number of carboxylic acids is 1. The number of rotatable bonds is 4. The Bertz CT molecular complexity index is 456. The lowest BCUT2D eigenvalue weighted by Gasteiger charge is -2.24. The minimum Gasteiger partial charge on any atom is -0.481 e. The van der Waals surface area contributed by atoms with E-state index in [-0.39, 0.29) is 5.91 Å². The lowest BCUT2D eigenvalue weighted by molar-refractivity contribution is -0.147. The van der Waals surface area contributed by atoms with E-state index in [2.05, 4.69) is 10.3 Å². The molecule has 1 aliphatic carbocycles. The van der Waals surface area contributed by atoms with E-state index < -0.39 is 17.8 Å². The van der Waals surface area contributed by atoms with Crippen LogP contribution in [0.15, 0.2) is 23.9 Å². The van der Waals surface area contributed by atoms with Gasteiger partial charge in [-0.15, -0.1) is 11.3 Å². The van der Waals surface area contributed by atoms with Crippen LogP contribution in [-0.2, 0) is 16.1 Å². The van der Waals surface area contributed by atoms with Gasteiger partial charge in [0.1, 0.15) is 0 Å². The van der Waals surface area contributed by atoms with Gasteiger partial charge in [0.05, 0.1) is 23.9 Å². The third-order valence-corrected chi connectivity index (χ3v) is 3.79. The van der Waals surface area contributed by atoms with Crippen molar-refractivity contribution < 1.29 is 14.7 Å². The van der Waals surface area contributed by atoms with Gasteiger partial charge in [-0.2, -0.15) is 0 Å². The Balaban J connectivity index is 1.94. The van der Waals surface area contributed by atoms with Crippen molar-refractivity contribution in [2.75, 3.05) is 0 Å². The second kappa shape index (κ2) is 5.77. The lowest BCUT2D eigenvalue weighted by Crippen LogP contribution is -2.38. The van der Waals surface area contributed by atoms with Crippen LogP contribution in [0.3, 0.4) is 0 Å². The number of carboxylic acid groups (broad SMARTS) is 1. The molecule has 0 unspecified atom stereocenters. The molecule has 1 heterocycles. The Morgan fingerprint density at radius 1 is 1.39 bits per heavy atom. The summed E-state index contributed by atoms with van der Waals surface area (Å²) in [6.45, 7) is 0.413. The predicted octanol–water partition coefficient (Wildman–Crippen LogP) is 1.43. The molecule has 2 atom stereocenters. The standard InChI is InChI=1S/C12H14N2O3S/c15-11(14-6-8-5-13-7-18-8)9-3-1-2-4-10(9)12(16)17/h1-2,5,7,9-10H,3-4,6H2,(H,14,15)(H,16,17)/t9-,10+/m1/s1. The van der Waals surface area contributed by atoms with Gasteiger partial charge in [-0.3, -0.25) is 14.6 Å². The number of nitrogens with zero attached hydrogens (tertiary/aromatic N) is 1. The van der Waals surface area contributed by atoms with Crippen LogP contribution < -0.4 is 5.32 Å². The number of allylic oxidation sites excluding steroid dienone is 2. The van der Waals surface area contributed by atoms with Crippen molar-refractivity contribution in [1.29, 1.82) is 0 Å². The second-order valence-electron chi connectivity index (χ2n) is 4.18. The van der Waals surface area contributed by atoms with Crippen LogP contribution in [0.4, 0.5) is 0 Å². The number of hydrogen-bond donors (Lipinski definition) is 2. The van der Waals surface area contributed by atoms with Crippen molar-refractivity contribution in [1.82, 2.24) is 10.3 Å². The van der Waals surface area contributed by atoms with Crippen molar-refractivity contribution in [2.24, 2.45) is 11.8 Å². The number of carbonyl (C=O) groups is 2. The van der Waals surface area contributed by atoms with Crippen LogP contribution in [0.25, 0.3) is 0 Å². The third kappa shape index (κ3) is 2.95. The van der Waals surface area contributed by atoms with Gasteiger partial charge in [0.2, 0.25) is 5.91 Å². The largest absolute Gasteiger partial charge is 0.481 e. The van der Waals surface area contributed by atoms with E-state index in [1.54, 1.807) is 11.7 Å². The summed E-state index contributed by atoms with van der Waals surface area (Å²) in [4.78, 5) is 27.9. The summed E-state index contributed by atoms with van der Waals surface area (Å²) in [5.41, 5.74) is 1.70. The van der Waals surface area contributed by atoms with E-state index in [4.69, 9.17) is 5.11 Å². The quantitative estimate of drug-likeness (QED) is 0.808. The second-order valence-corrected chi connectivity index (χ2v) is 5.15. The van der Waals surface area contributed by atoms with Gasteiger partial charge in [-0.05, 0) is 12.8 Å². The summed E-state index contributed by atoms with van der Waals surface area (Å²) < 4.78 is 0. The highest BCUT2D eigenvalue weighted by atomic mass is 32.1. The SMILES string of the molecule is O=C(O)[C@H]1CC=CC[C@H]1C(=O)NCc1cncs1. The van der Waals surface area contributed by atoms with E-state index in [1.165, 1.54) is 11.3 Å². The highest BCUT2D eigenvalue weighted by Gasteiger charge is 2.33. The highest BCUT2D eigenvalue weighted by molar-refractivity contribution is 7.09. The Hall–Kier alpha value is -1.69. The number of aromatic nitrogens is 1. The zero-order valence-electron chi connectivity index (χ0n) is 9.70. The minimum absolute atomic E-state index is 0.194. The van der Waals surface area contributed by atoms with Crippen LogP contribution in [0, 0.1) is 11.8 Å². The topological polar surface area (TPSA) is 79.3 Å². The van der Waals surface area contributed by atoms with Crippen LogP contribution in [-0.4, -0.2) is 22.0 Å². The van der Waals surface area contributed by atoms with Gasteiger partial charge < -0.3 is 10.4 Å². The molecule has 5 nitrogen and oxygen atoms in total. The fourth-order valence-corrected chi connectivity index (χ4v) is 2.55. The molecule has 1 aromatic rings. The third-order valence-electron chi connectivity index (χ3n) is 3.01. The normalized spacial score (nSPS) is 22.7. The van der Waals surface area contributed by atoms with Crippen molar-refractivity contribution >= 4 is 23.2 Å². The first-order chi connectivity index (χ1) is 8.68. The molecule has 2 N–H and O–H groups in total. The summed E-state index contributed by atoms with van der Waals surface area (Å²) in [7, 11) is 0. The molecule has 0 bridgehead atoms. The minimum atomic E-state index is -0.905. The van der Waals surface area contributed by atoms with Gasteiger partial charge in [0, 0.05) is 11.1 Å². The van der Waals surface area contributed by atoms with Crippen molar-refractivity contribution in [3.05, 3.63) is 28.7 Å². The molecule has 96 valence electrons. The van der Waals surface area contributed by atoms with Crippen molar-refractivity contribution in [3.8, 4) is 0 Å². The number of nitrogens with one attached hydrogen (secondary N) is 1. The molecule has 0 aromatic carbocycles. The molecule has 0 radical (unpaired) electrons. The Morgan fingerprint density at radius 3 is 2.72 bits per heavy atom. The molecule has 1 aliphatic rings. The number of amides is 1. The Morgan fingerprint density at radius 2 is 2.11 bits per heavy atom. The number of aliphatic carboxylic acids is 1. The summed E-state index contributed by atoms with van der Waals surface area (Å²) in [5, 5.41) is 11.9. The first-order valence-corrected chi connectivity index (χ1v) is 6.59. The van der Waals surface area contributed by atoms with Crippen LogP contribution in [0.1, 0.15) is 17.7 Å². The zero-order valence-corrected chi connectivity index (χ0v) is 10.5. The zero-order chi connectivity index (χ0) is 13.0. The van der Waals surface area contributed by atoms with Crippen LogP contribution in [0.2, 0.25) is 0 Å². The Labute approximate surface area is 109 Å². The molecular formula is C12H14N2O3S. The first kappa shape index (κ1) is 12.8. The van der Waals surface area contributed by atoms with E-state index >= 15 is 0 Å². The summed E-state index contributed by atoms with van der Waals surface area (Å²) >= 11 is 1.46. The van der Waals surface area contributed by atoms with Gasteiger partial charge in [-0.25, -0.2) is 0 Å². The van der Waals surface area contributed by atoms with Crippen LogP contribution >= 0.6 is 11.3 Å². The molecule has 1 aromatic heterocycles. The summed E-state index contributed by atoms with van der Waals surface area (Å²) in [5.74, 6) is -2.19. The predicted molar refractivity (Wildman–Crippen MR) is 67.0 cm³/mol. The van der Waals surface area contributed by atoms with E-state index in [1.807, 2.05) is 12.2 Å². The molecule has 18 heavy (non-hydrogen) atoms. The maximum absolute atomic E-state index is 12.0. The first-order valence-electron chi connectivity index (χ1n) is 5.71. The molecule has 0 fully saturated rings. The number of hydrogen-bond acceptors (Lipinski definition) is 4. The monoisotopic (exact) mass is 266 g/mol. The number of thiazole rings is 1. The highest BCUT2D eigenvalue weighted by Crippen LogP contribution is 2.26. The van der Waals surface area contributed by atoms with E-state index in [0.29, 0.717) is 19.4 Å². The average Bonchev–Trinajstić information content (AvgIpc) is 2.89. The smallest absolute Gasteiger partial charge is 0.307 e. The molecule has 0 aliphatic heterocycles. The molecule has 1 amide bonds. The fourth-order valence-electron chi connectivity index (χ4n) is 2.01. The molecule has 0 saturated carbocycles. The van der Waals surface area contributed by atoms with E-state index in [9.17, 15) is 9.59 Å².